The van der Waals surface area contributed by atoms with Crippen molar-refractivity contribution in [2.24, 2.45) is 0 Å². The maximum atomic E-state index is 13.6. The van der Waals surface area contributed by atoms with E-state index in [0.717, 1.165) is 31.5 Å². The normalized spacial score (nSPS) is 23.6. The molecule has 1 amide bonds. The molecule has 0 saturated carbocycles. The molecule has 0 spiro atoms. The first kappa shape index (κ1) is 18.2. The van der Waals surface area contributed by atoms with E-state index in [4.69, 9.17) is 4.74 Å². The number of rotatable bonds is 3. The second-order valence-corrected chi connectivity index (χ2v) is 6.22. The van der Waals surface area contributed by atoms with Crippen molar-refractivity contribution in [2.45, 2.75) is 37.1 Å². The third kappa shape index (κ3) is 4.03. The molecule has 2 fully saturated rings. The number of amides is 1. The van der Waals surface area contributed by atoms with Crippen molar-refractivity contribution in [3.8, 4) is 0 Å². The van der Waals surface area contributed by atoms with Crippen LogP contribution in [0.3, 0.4) is 0 Å². The van der Waals surface area contributed by atoms with E-state index in [-0.39, 0.29) is 30.2 Å². The van der Waals surface area contributed by atoms with Gasteiger partial charge in [-0.3, -0.25) is 4.79 Å². The van der Waals surface area contributed by atoms with Crippen LogP contribution in [0.5, 0.6) is 0 Å². The number of hydrogen-bond donors (Lipinski definition) is 2. The van der Waals surface area contributed by atoms with E-state index >= 15 is 0 Å². The van der Waals surface area contributed by atoms with Gasteiger partial charge in [-0.25, -0.2) is 4.39 Å². The van der Waals surface area contributed by atoms with E-state index in [1.165, 1.54) is 12.1 Å². The van der Waals surface area contributed by atoms with Crippen molar-refractivity contribution < 1.29 is 13.9 Å². The highest BCUT2D eigenvalue weighted by Gasteiger charge is 2.42. The summed E-state index contributed by atoms with van der Waals surface area (Å²) in [5.74, 6) is -0.286. The number of ether oxygens (including phenoxy) is 1. The first-order chi connectivity index (χ1) is 10.7. The molecule has 23 heavy (non-hydrogen) atoms. The summed E-state index contributed by atoms with van der Waals surface area (Å²) in [6.07, 6.45) is 3.26. The van der Waals surface area contributed by atoms with E-state index in [1.807, 2.05) is 6.07 Å². The van der Waals surface area contributed by atoms with Gasteiger partial charge in [-0.15, -0.1) is 12.4 Å². The summed E-state index contributed by atoms with van der Waals surface area (Å²) < 4.78 is 19.1. The van der Waals surface area contributed by atoms with Crippen molar-refractivity contribution in [3.05, 3.63) is 35.6 Å². The maximum Gasteiger partial charge on any atom is 0.231 e. The molecule has 1 aromatic rings. The van der Waals surface area contributed by atoms with Crippen LogP contribution in [0.4, 0.5) is 4.39 Å². The summed E-state index contributed by atoms with van der Waals surface area (Å²) in [7, 11) is 0. The first-order valence-corrected chi connectivity index (χ1v) is 8.06. The fourth-order valence-corrected chi connectivity index (χ4v) is 3.45. The number of nitrogens with one attached hydrogen (secondary N) is 2. The number of benzene rings is 1. The van der Waals surface area contributed by atoms with Crippen molar-refractivity contribution in [2.75, 3.05) is 26.3 Å². The molecule has 6 heteroatoms. The van der Waals surface area contributed by atoms with Crippen LogP contribution >= 0.6 is 12.4 Å². The minimum atomic E-state index is -0.669. The summed E-state index contributed by atoms with van der Waals surface area (Å²) in [5, 5.41) is 6.47. The lowest BCUT2D eigenvalue weighted by Crippen LogP contribution is -2.54. The van der Waals surface area contributed by atoms with Gasteiger partial charge in [-0.2, -0.15) is 0 Å². The fraction of sp³-hybridized carbons (Fsp3) is 0.588. The smallest absolute Gasteiger partial charge is 0.231 e. The van der Waals surface area contributed by atoms with Crippen LogP contribution in [-0.4, -0.2) is 38.3 Å². The Bertz CT molecular complexity index is 529. The molecular formula is C17H24ClFN2O2. The molecule has 1 atom stereocenters. The Morgan fingerprint density at radius 2 is 2.13 bits per heavy atom. The van der Waals surface area contributed by atoms with Gasteiger partial charge in [0.2, 0.25) is 5.91 Å². The first-order valence-electron chi connectivity index (χ1n) is 8.06. The third-order valence-electron chi connectivity index (χ3n) is 4.79. The summed E-state index contributed by atoms with van der Waals surface area (Å²) in [5.41, 5.74) is 0.0923. The molecule has 2 aliphatic heterocycles. The molecule has 0 radical (unpaired) electrons. The quantitative estimate of drug-likeness (QED) is 0.885. The zero-order valence-electron chi connectivity index (χ0n) is 13.1. The van der Waals surface area contributed by atoms with Crippen LogP contribution in [-0.2, 0) is 14.9 Å². The van der Waals surface area contributed by atoms with Gasteiger partial charge in [-0.05, 0) is 49.9 Å². The number of halogens is 2. The summed E-state index contributed by atoms with van der Waals surface area (Å²) in [4.78, 5) is 13.0. The fourth-order valence-electron chi connectivity index (χ4n) is 3.45. The average Bonchev–Trinajstić information content (AvgIpc) is 2.56. The monoisotopic (exact) mass is 342 g/mol. The standard InChI is InChI=1S/C17H23FN2O2.ClH/c18-14-4-1-3-13(11-14)17(6-9-22-10-7-17)16(21)20-15-5-2-8-19-12-15;/h1,3-4,11,15,19H,2,5-10,12H2,(H,20,21);1H. The number of piperidine rings is 1. The molecule has 0 bridgehead atoms. The Morgan fingerprint density at radius 3 is 2.78 bits per heavy atom. The maximum absolute atomic E-state index is 13.6. The molecule has 128 valence electrons. The molecule has 4 nitrogen and oxygen atoms in total. The minimum absolute atomic E-state index is 0. The molecular weight excluding hydrogens is 319 g/mol. The zero-order chi connectivity index (χ0) is 15.4. The largest absolute Gasteiger partial charge is 0.381 e. The van der Waals surface area contributed by atoms with Gasteiger partial charge in [-0.1, -0.05) is 12.1 Å². The van der Waals surface area contributed by atoms with E-state index in [2.05, 4.69) is 10.6 Å². The van der Waals surface area contributed by atoms with Crippen LogP contribution in [0.1, 0.15) is 31.2 Å². The molecule has 0 aromatic heterocycles. The van der Waals surface area contributed by atoms with E-state index in [9.17, 15) is 9.18 Å². The van der Waals surface area contributed by atoms with Crippen molar-refractivity contribution in [1.29, 1.82) is 0 Å². The lowest BCUT2D eigenvalue weighted by molar-refractivity contribution is -0.131. The van der Waals surface area contributed by atoms with Gasteiger partial charge in [0.15, 0.2) is 0 Å². The second kappa shape index (κ2) is 8.08. The molecule has 2 heterocycles. The Kier molecular flexibility index (Phi) is 6.39. The second-order valence-electron chi connectivity index (χ2n) is 6.22. The molecule has 1 aromatic carbocycles. The van der Waals surface area contributed by atoms with Crippen LogP contribution in [0, 0.1) is 5.82 Å². The van der Waals surface area contributed by atoms with Crippen LogP contribution < -0.4 is 10.6 Å². The molecule has 2 aliphatic rings. The van der Waals surface area contributed by atoms with E-state index in [0.29, 0.717) is 26.1 Å². The minimum Gasteiger partial charge on any atom is -0.381 e. The SMILES string of the molecule is Cl.O=C(NC1CCCNC1)C1(c2cccc(F)c2)CCOCC1. The number of carbonyl (C=O) groups excluding carboxylic acids is 1. The van der Waals surface area contributed by atoms with Gasteiger partial charge in [0.05, 0.1) is 5.41 Å². The predicted molar refractivity (Wildman–Crippen MR) is 89.4 cm³/mol. The Balaban J connectivity index is 0.00000192. The van der Waals surface area contributed by atoms with Gasteiger partial charge >= 0.3 is 0 Å². The molecule has 2 N–H and O–H groups in total. The Hall–Kier alpha value is -1.17. The molecule has 2 saturated heterocycles. The number of carbonyl (C=O) groups is 1. The van der Waals surface area contributed by atoms with Gasteiger partial charge < -0.3 is 15.4 Å². The van der Waals surface area contributed by atoms with Crippen molar-refractivity contribution in [1.82, 2.24) is 10.6 Å². The topological polar surface area (TPSA) is 50.4 Å². The number of hydrogen-bond acceptors (Lipinski definition) is 3. The Morgan fingerprint density at radius 1 is 1.35 bits per heavy atom. The van der Waals surface area contributed by atoms with E-state index < -0.39 is 5.41 Å². The van der Waals surface area contributed by atoms with E-state index in [1.54, 1.807) is 6.07 Å². The summed E-state index contributed by atoms with van der Waals surface area (Å²) >= 11 is 0. The molecule has 3 rings (SSSR count). The van der Waals surface area contributed by atoms with Crippen LogP contribution in [0.15, 0.2) is 24.3 Å². The lowest BCUT2D eigenvalue weighted by atomic mass is 9.73. The highest BCUT2D eigenvalue weighted by atomic mass is 35.5. The predicted octanol–water partition coefficient (Wildman–Crippen LogP) is 2.16. The molecule has 0 aliphatic carbocycles. The summed E-state index contributed by atoms with van der Waals surface area (Å²) in [6.45, 7) is 2.89. The van der Waals surface area contributed by atoms with Gasteiger partial charge in [0, 0.05) is 25.8 Å². The highest BCUT2D eigenvalue weighted by molar-refractivity contribution is 5.88. The highest BCUT2D eigenvalue weighted by Crippen LogP contribution is 2.35. The van der Waals surface area contributed by atoms with Gasteiger partial charge in [0.1, 0.15) is 5.82 Å². The summed E-state index contributed by atoms with van der Waals surface area (Å²) in [6, 6.07) is 6.60. The molecule has 1 unspecified atom stereocenters. The van der Waals surface area contributed by atoms with Crippen LogP contribution in [0.25, 0.3) is 0 Å². The Labute approximate surface area is 142 Å². The van der Waals surface area contributed by atoms with Crippen LogP contribution in [0.2, 0.25) is 0 Å². The van der Waals surface area contributed by atoms with Crippen molar-refractivity contribution >= 4 is 18.3 Å². The average molecular weight is 343 g/mol. The lowest BCUT2D eigenvalue weighted by Gasteiger charge is -2.38. The van der Waals surface area contributed by atoms with Gasteiger partial charge in [0.25, 0.3) is 0 Å². The zero-order valence-corrected chi connectivity index (χ0v) is 14.0. The van der Waals surface area contributed by atoms with Crippen molar-refractivity contribution in [3.63, 3.8) is 0 Å². The third-order valence-corrected chi connectivity index (χ3v) is 4.79.